The highest BCUT2D eigenvalue weighted by Crippen LogP contribution is 2.43. The number of carbonyl (C=O) groups excluding carboxylic acids is 5. The van der Waals surface area contributed by atoms with Crippen molar-refractivity contribution >= 4 is 29.5 Å². The van der Waals surface area contributed by atoms with E-state index in [9.17, 15) is 24.0 Å². The number of amides is 5. The zero-order valence-corrected chi connectivity index (χ0v) is 31.4. The fourth-order valence-corrected chi connectivity index (χ4v) is 7.54. The number of rotatable bonds is 18. The van der Waals surface area contributed by atoms with Crippen molar-refractivity contribution in [3.05, 3.63) is 71.8 Å². The second-order valence-electron chi connectivity index (χ2n) is 15.9. The summed E-state index contributed by atoms with van der Waals surface area (Å²) in [7, 11) is 0. The van der Waals surface area contributed by atoms with Crippen molar-refractivity contribution in [1.29, 1.82) is 0 Å². The van der Waals surface area contributed by atoms with Gasteiger partial charge in [0.15, 0.2) is 0 Å². The molecule has 1 aliphatic carbocycles. The van der Waals surface area contributed by atoms with Crippen LogP contribution in [0.5, 0.6) is 0 Å². The Morgan fingerprint density at radius 3 is 1.85 bits per heavy atom. The number of nitrogens with two attached hydrogens (primary N) is 2. The second-order valence-corrected chi connectivity index (χ2v) is 15.9. The van der Waals surface area contributed by atoms with Crippen molar-refractivity contribution in [2.24, 2.45) is 28.7 Å². The fraction of sp³-hybridized carbons (Fsp3) is 0.585. The van der Waals surface area contributed by atoms with Crippen LogP contribution in [0.25, 0.3) is 0 Å². The summed E-state index contributed by atoms with van der Waals surface area (Å²) in [6.45, 7) is 7.09. The van der Waals surface area contributed by atoms with Crippen molar-refractivity contribution in [1.82, 2.24) is 25.8 Å². The Balaban J connectivity index is 1.23. The maximum atomic E-state index is 14.0. The van der Waals surface area contributed by atoms with Gasteiger partial charge in [0.05, 0.1) is 6.04 Å². The van der Waals surface area contributed by atoms with Crippen molar-refractivity contribution < 1.29 is 24.0 Å². The van der Waals surface area contributed by atoms with Gasteiger partial charge in [-0.3, -0.25) is 24.0 Å². The third-order valence-corrected chi connectivity index (χ3v) is 10.9. The highest BCUT2D eigenvalue weighted by atomic mass is 16.2. The van der Waals surface area contributed by atoms with Crippen LogP contribution >= 0.6 is 0 Å². The van der Waals surface area contributed by atoms with Crippen molar-refractivity contribution in [3.8, 4) is 0 Å². The van der Waals surface area contributed by atoms with Gasteiger partial charge in [0.1, 0.15) is 18.1 Å². The molecule has 3 aliphatic rings. The molecule has 2 aliphatic heterocycles. The Morgan fingerprint density at radius 2 is 1.28 bits per heavy atom. The number of likely N-dealkylation sites (tertiary alicyclic amines) is 2. The number of hydrogen-bond acceptors (Lipinski definition) is 7. The van der Waals surface area contributed by atoms with E-state index in [-0.39, 0.29) is 35.5 Å². The van der Waals surface area contributed by atoms with Gasteiger partial charge in [-0.1, -0.05) is 74.5 Å². The van der Waals surface area contributed by atoms with Crippen LogP contribution in [-0.4, -0.2) is 96.2 Å². The molecule has 4 atom stereocenters. The van der Waals surface area contributed by atoms with Gasteiger partial charge in [-0.2, -0.15) is 0 Å². The summed E-state index contributed by atoms with van der Waals surface area (Å²) in [6, 6.07) is 15.2. The predicted molar refractivity (Wildman–Crippen MR) is 204 cm³/mol. The molecule has 12 nitrogen and oxygen atoms in total. The van der Waals surface area contributed by atoms with Gasteiger partial charge in [-0.05, 0) is 81.4 Å². The molecule has 1 saturated carbocycles. The molecule has 2 saturated heterocycles. The molecule has 0 bridgehead atoms. The van der Waals surface area contributed by atoms with Crippen molar-refractivity contribution in [2.75, 3.05) is 32.7 Å². The molecule has 0 unspecified atom stereocenters. The first kappa shape index (κ1) is 39.9. The molecular formula is C41H59N7O5. The van der Waals surface area contributed by atoms with Gasteiger partial charge < -0.3 is 37.2 Å². The summed E-state index contributed by atoms with van der Waals surface area (Å²) >= 11 is 0. The van der Waals surface area contributed by atoms with E-state index in [0.29, 0.717) is 51.7 Å². The number of hydrogen-bond donors (Lipinski definition) is 5. The maximum absolute atomic E-state index is 14.0. The molecule has 7 N–H and O–H groups in total. The molecule has 0 radical (unpaired) electrons. The zero-order valence-electron chi connectivity index (χ0n) is 31.4. The van der Waals surface area contributed by atoms with E-state index in [0.717, 1.165) is 49.9 Å². The van der Waals surface area contributed by atoms with Crippen molar-refractivity contribution in [3.63, 3.8) is 0 Å². The lowest BCUT2D eigenvalue weighted by molar-refractivity contribution is -0.152. The van der Waals surface area contributed by atoms with Crippen molar-refractivity contribution in [2.45, 2.75) is 102 Å². The van der Waals surface area contributed by atoms with E-state index in [4.69, 9.17) is 11.5 Å². The predicted octanol–water partition coefficient (Wildman–Crippen LogP) is 2.29. The molecule has 0 aromatic heterocycles. The van der Waals surface area contributed by atoms with Gasteiger partial charge in [-0.15, -0.1) is 0 Å². The summed E-state index contributed by atoms with van der Waals surface area (Å²) in [5, 5.41) is 8.78. The summed E-state index contributed by atoms with van der Waals surface area (Å²) < 4.78 is 0. The molecule has 288 valence electrons. The molecule has 12 heteroatoms. The Morgan fingerprint density at radius 1 is 0.736 bits per heavy atom. The molecule has 5 rings (SSSR count). The standard InChI is InChI=1S/C41H59N7O5/c1-28(2)23-34(46-38(51)35(25-30-13-7-4-8-14-30)45-36(49)32(43)24-29-11-5-3-6-12-29)37(50)44-33(15-9-10-20-42)40(53)47-21-18-41(19-22-47)26-48(27-41)39(52)31-16-17-31/h3-8,11-14,28,31-35H,9-10,15-27,42-43H2,1-2H3,(H,44,50)(H,45,49)(H,46,51)/t32-,33-,34-,35-/m1/s1. The van der Waals surface area contributed by atoms with E-state index in [1.54, 1.807) is 0 Å². The first-order valence-corrected chi connectivity index (χ1v) is 19.5. The zero-order chi connectivity index (χ0) is 38.0. The summed E-state index contributed by atoms with van der Waals surface area (Å²) in [5.41, 5.74) is 13.9. The molecule has 2 aromatic carbocycles. The number of benzene rings is 2. The lowest BCUT2D eigenvalue weighted by atomic mass is 9.71. The van der Waals surface area contributed by atoms with Crippen LogP contribution in [0.2, 0.25) is 0 Å². The lowest BCUT2D eigenvalue weighted by Crippen LogP contribution is -2.63. The minimum Gasteiger partial charge on any atom is -0.343 e. The number of piperidine rings is 1. The number of carbonyl (C=O) groups is 5. The highest BCUT2D eigenvalue weighted by molar-refractivity contribution is 5.95. The third kappa shape index (κ3) is 11.4. The van der Waals surface area contributed by atoms with Gasteiger partial charge in [0.2, 0.25) is 29.5 Å². The van der Waals surface area contributed by atoms with Crippen LogP contribution in [0.1, 0.15) is 76.3 Å². The molecule has 3 fully saturated rings. The van der Waals surface area contributed by atoms with E-state index in [1.165, 1.54) is 0 Å². The highest BCUT2D eigenvalue weighted by Gasteiger charge is 2.50. The van der Waals surface area contributed by atoms with E-state index in [1.807, 2.05) is 84.3 Å². The quantitative estimate of drug-likeness (QED) is 0.146. The van der Waals surface area contributed by atoms with Gasteiger partial charge in [0.25, 0.3) is 0 Å². The van der Waals surface area contributed by atoms with Crippen LogP contribution in [0.15, 0.2) is 60.7 Å². The summed E-state index contributed by atoms with van der Waals surface area (Å²) in [6.07, 6.45) is 6.31. The topological polar surface area (TPSA) is 180 Å². The first-order valence-electron chi connectivity index (χ1n) is 19.5. The van der Waals surface area contributed by atoms with Crippen LogP contribution in [0.3, 0.4) is 0 Å². The Hall–Kier alpha value is -4.29. The third-order valence-electron chi connectivity index (χ3n) is 10.9. The molecule has 1 spiro atoms. The maximum Gasteiger partial charge on any atom is 0.245 e. The van der Waals surface area contributed by atoms with Crippen LogP contribution < -0.4 is 27.4 Å². The first-order chi connectivity index (χ1) is 25.5. The monoisotopic (exact) mass is 729 g/mol. The molecule has 5 amide bonds. The largest absolute Gasteiger partial charge is 0.343 e. The van der Waals surface area contributed by atoms with Gasteiger partial charge in [0, 0.05) is 43.9 Å². The smallest absolute Gasteiger partial charge is 0.245 e. The summed E-state index contributed by atoms with van der Waals surface area (Å²) in [4.78, 5) is 71.6. The van der Waals surface area contributed by atoms with Crippen LogP contribution in [-0.2, 0) is 36.8 Å². The molecule has 53 heavy (non-hydrogen) atoms. The Bertz CT molecular complexity index is 1530. The summed E-state index contributed by atoms with van der Waals surface area (Å²) in [5.74, 6) is -0.999. The normalized spacial score (nSPS) is 18.7. The number of unbranched alkanes of at least 4 members (excludes halogenated alkanes) is 1. The average molecular weight is 730 g/mol. The molecule has 2 heterocycles. The van der Waals surface area contributed by atoms with Crippen LogP contribution in [0, 0.1) is 17.3 Å². The van der Waals surface area contributed by atoms with E-state index >= 15 is 0 Å². The molecule has 2 aromatic rings. The Labute approximate surface area is 314 Å². The number of nitrogens with one attached hydrogen (secondary N) is 3. The van der Waals surface area contributed by atoms with Crippen LogP contribution in [0.4, 0.5) is 0 Å². The minimum atomic E-state index is -0.987. The Kier molecular flexibility index (Phi) is 14.0. The minimum absolute atomic E-state index is 0.0472. The second kappa shape index (κ2) is 18.6. The SMILES string of the molecule is CC(C)C[C@@H](NC(=O)[C@@H](Cc1ccccc1)NC(=O)[C@H](N)Cc1ccccc1)C(=O)N[C@H](CCCCN)C(=O)N1CCC2(CC1)CN(C(=O)C1CC1)C2. The molecular weight excluding hydrogens is 670 g/mol. The lowest BCUT2D eigenvalue weighted by Gasteiger charge is -2.54. The average Bonchev–Trinajstić information content (AvgIpc) is 3.99. The van der Waals surface area contributed by atoms with Gasteiger partial charge in [-0.25, -0.2) is 0 Å². The van der Waals surface area contributed by atoms with E-state index < -0.39 is 41.9 Å². The fourth-order valence-electron chi connectivity index (χ4n) is 7.54. The van der Waals surface area contributed by atoms with E-state index in [2.05, 4.69) is 16.0 Å². The van der Waals surface area contributed by atoms with Gasteiger partial charge >= 0.3 is 0 Å². The number of nitrogens with zero attached hydrogens (tertiary/aromatic N) is 2.